The second-order valence-corrected chi connectivity index (χ2v) is 6.29. The average molecular weight is 313 g/mol. The summed E-state index contributed by atoms with van der Waals surface area (Å²) in [5, 5.41) is 3.68. The van der Waals surface area contributed by atoms with Gasteiger partial charge in [0, 0.05) is 29.6 Å². The molecule has 0 unspecified atom stereocenters. The molecule has 1 heterocycles. The van der Waals surface area contributed by atoms with Gasteiger partial charge in [-0.3, -0.25) is 0 Å². The van der Waals surface area contributed by atoms with E-state index >= 15 is 0 Å². The largest absolute Gasteiger partial charge is 0.367 e. The Kier molecular flexibility index (Phi) is 3.32. The van der Waals surface area contributed by atoms with Crippen LogP contribution < -0.4 is 10.2 Å². The Hall–Kier alpha value is -0.610. The average Bonchev–Trinajstić information content (AvgIpc) is 2.80. The summed E-state index contributed by atoms with van der Waals surface area (Å²) in [7, 11) is 0. The minimum absolute atomic E-state index is 0.160. The fraction of sp³-hybridized carbons (Fsp3) is 0.571. The molecule has 4 heteroatoms. The van der Waals surface area contributed by atoms with Crippen LogP contribution in [0.4, 0.5) is 10.1 Å². The molecule has 2 aliphatic rings. The minimum Gasteiger partial charge on any atom is -0.367 e. The maximum atomic E-state index is 13.4. The number of nitrogens with one attached hydrogen (secondary N) is 1. The minimum atomic E-state index is -0.160. The number of nitrogens with zero attached hydrogens (tertiary/aromatic N) is 1. The van der Waals surface area contributed by atoms with Crippen LogP contribution >= 0.6 is 15.9 Å². The molecule has 0 amide bonds. The van der Waals surface area contributed by atoms with Crippen molar-refractivity contribution in [3.63, 3.8) is 0 Å². The number of rotatable bonds is 1. The van der Waals surface area contributed by atoms with Crippen LogP contribution in [0.3, 0.4) is 0 Å². The summed E-state index contributed by atoms with van der Waals surface area (Å²) in [4.78, 5) is 2.31. The van der Waals surface area contributed by atoms with Gasteiger partial charge in [-0.15, -0.1) is 0 Å². The lowest BCUT2D eigenvalue weighted by Gasteiger charge is -2.43. The number of halogens is 2. The van der Waals surface area contributed by atoms with Crippen LogP contribution in [0.2, 0.25) is 0 Å². The molecule has 0 aromatic heterocycles. The molecule has 0 atom stereocenters. The molecule has 18 heavy (non-hydrogen) atoms. The van der Waals surface area contributed by atoms with Crippen LogP contribution in [-0.2, 0) is 0 Å². The quantitative estimate of drug-likeness (QED) is 0.856. The van der Waals surface area contributed by atoms with Gasteiger partial charge in [-0.25, -0.2) is 4.39 Å². The Bertz CT molecular complexity index is 443. The van der Waals surface area contributed by atoms with Crippen molar-refractivity contribution in [2.45, 2.75) is 31.2 Å². The molecule has 1 N–H and O–H groups in total. The van der Waals surface area contributed by atoms with Crippen molar-refractivity contribution in [2.75, 3.05) is 24.5 Å². The van der Waals surface area contributed by atoms with Gasteiger partial charge in [0.05, 0.1) is 5.69 Å². The molecule has 0 bridgehead atoms. The first kappa shape index (κ1) is 12.4. The molecule has 2 fully saturated rings. The number of hydrogen-bond acceptors (Lipinski definition) is 2. The van der Waals surface area contributed by atoms with Crippen LogP contribution in [0.15, 0.2) is 22.7 Å². The summed E-state index contributed by atoms with van der Waals surface area (Å²) in [6.45, 7) is 2.93. The van der Waals surface area contributed by atoms with Crippen LogP contribution in [0.25, 0.3) is 0 Å². The van der Waals surface area contributed by atoms with Gasteiger partial charge in [-0.1, -0.05) is 12.8 Å². The Morgan fingerprint density at radius 2 is 2.06 bits per heavy atom. The normalized spacial score (nSPS) is 22.7. The molecular formula is C14H18BrFN2. The standard InChI is InChI=1S/C14H18BrFN2/c15-12-4-3-11(16)9-13(12)18-8-7-17-14(10-18)5-1-2-6-14/h3-4,9,17H,1-2,5-8,10H2. The van der Waals surface area contributed by atoms with Gasteiger partial charge >= 0.3 is 0 Å². The molecule has 2 nitrogen and oxygen atoms in total. The Morgan fingerprint density at radius 3 is 2.83 bits per heavy atom. The highest BCUT2D eigenvalue weighted by Gasteiger charge is 2.37. The lowest BCUT2D eigenvalue weighted by molar-refractivity contribution is 0.303. The molecule has 1 aliphatic carbocycles. The molecule has 1 aromatic rings. The SMILES string of the molecule is Fc1ccc(Br)c(N2CCNC3(CCCC3)C2)c1. The molecule has 1 saturated carbocycles. The third-order valence-corrected chi connectivity index (χ3v) is 4.86. The summed E-state index contributed by atoms with van der Waals surface area (Å²) in [6.07, 6.45) is 5.11. The van der Waals surface area contributed by atoms with E-state index in [-0.39, 0.29) is 11.4 Å². The van der Waals surface area contributed by atoms with Crippen LogP contribution in [0.5, 0.6) is 0 Å². The Morgan fingerprint density at radius 1 is 1.28 bits per heavy atom. The molecule has 1 aliphatic heterocycles. The van der Waals surface area contributed by atoms with Crippen molar-refractivity contribution in [3.05, 3.63) is 28.5 Å². The van der Waals surface area contributed by atoms with Gasteiger partial charge < -0.3 is 10.2 Å². The molecule has 1 saturated heterocycles. The summed E-state index contributed by atoms with van der Waals surface area (Å²) < 4.78 is 14.4. The van der Waals surface area contributed by atoms with Gasteiger partial charge in [-0.2, -0.15) is 0 Å². The zero-order valence-electron chi connectivity index (χ0n) is 10.4. The molecule has 1 aromatic carbocycles. The first-order chi connectivity index (χ1) is 8.69. The van der Waals surface area contributed by atoms with E-state index in [0.29, 0.717) is 0 Å². The molecular weight excluding hydrogens is 295 g/mol. The third-order valence-electron chi connectivity index (χ3n) is 4.18. The zero-order valence-corrected chi connectivity index (χ0v) is 12.0. The Balaban J connectivity index is 1.85. The highest BCUT2D eigenvalue weighted by molar-refractivity contribution is 9.10. The van der Waals surface area contributed by atoms with Crippen LogP contribution in [0, 0.1) is 5.82 Å². The van der Waals surface area contributed by atoms with Gasteiger partial charge in [0.25, 0.3) is 0 Å². The van der Waals surface area contributed by atoms with Crippen molar-refractivity contribution in [3.8, 4) is 0 Å². The topological polar surface area (TPSA) is 15.3 Å². The van der Waals surface area contributed by atoms with Crippen LogP contribution in [-0.4, -0.2) is 25.2 Å². The monoisotopic (exact) mass is 312 g/mol. The number of hydrogen-bond donors (Lipinski definition) is 1. The van der Waals surface area contributed by atoms with Gasteiger partial charge in [0.2, 0.25) is 0 Å². The highest BCUT2D eigenvalue weighted by Crippen LogP contribution is 2.35. The van der Waals surface area contributed by atoms with E-state index in [0.717, 1.165) is 29.8 Å². The van der Waals surface area contributed by atoms with Crippen molar-refractivity contribution in [1.82, 2.24) is 5.32 Å². The summed E-state index contributed by atoms with van der Waals surface area (Å²) in [5.74, 6) is -0.160. The van der Waals surface area contributed by atoms with Crippen molar-refractivity contribution >= 4 is 21.6 Å². The summed E-state index contributed by atoms with van der Waals surface area (Å²) in [5.41, 5.74) is 1.26. The van der Waals surface area contributed by atoms with Crippen LogP contribution in [0.1, 0.15) is 25.7 Å². The Labute approximate surface area is 116 Å². The van der Waals surface area contributed by atoms with Gasteiger partial charge in [0.15, 0.2) is 0 Å². The molecule has 98 valence electrons. The smallest absolute Gasteiger partial charge is 0.125 e. The van der Waals surface area contributed by atoms with E-state index in [1.807, 2.05) is 0 Å². The van der Waals surface area contributed by atoms with Gasteiger partial charge in [-0.05, 0) is 47.0 Å². The summed E-state index contributed by atoms with van der Waals surface area (Å²) >= 11 is 3.53. The number of benzene rings is 1. The second-order valence-electron chi connectivity index (χ2n) is 5.43. The van der Waals surface area contributed by atoms with E-state index in [1.54, 1.807) is 12.1 Å². The maximum Gasteiger partial charge on any atom is 0.125 e. The van der Waals surface area contributed by atoms with Crippen molar-refractivity contribution < 1.29 is 4.39 Å². The van der Waals surface area contributed by atoms with Crippen molar-refractivity contribution in [2.24, 2.45) is 0 Å². The van der Waals surface area contributed by atoms with E-state index in [9.17, 15) is 4.39 Å². The molecule has 0 radical (unpaired) electrons. The molecule has 1 spiro atoms. The fourth-order valence-corrected chi connectivity index (χ4v) is 3.77. The number of anilines is 1. The fourth-order valence-electron chi connectivity index (χ4n) is 3.28. The van der Waals surface area contributed by atoms with E-state index in [1.165, 1.54) is 31.7 Å². The van der Waals surface area contributed by atoms with Gasteiger partial charge in [0.1, 0.15) is 5.82 Å². The third kappa shape index (κ3) is 2.28. The van der Waals surface area contributed by atoms with E-state index in [2.05, 4.69) is 26.1 Å². The first-order valence-corrected chi connectivity index (χ1v) is 7.43. The predicted octanol–water partition coefficient (Wildman–Crippen LogP) is 3.31. The zero-order chi connectivity index (χ0) is 12.6. The summed E-state index contributed by atoms with van der Waals surface area (Å²) in [6, 6.07) is 4.94. The lowest BCUT2D eigenvalue weighted by atomic mass is 9.94. The molecule has 3 rings (SSSR count). The van der Waals surface area contributed by atoms with E-state index < -0.39 is 0 Å². The maximum absolute atomic E-state index is 13.4. The predicted molar refractivity (Wildman–Crippen MR) is 75.5 cm³/mol. The van der Waals surface area contributed by atoms with Crippen molar-refractivity contribution in [1.29, 1.82) is 0 Å². The highest BCUT2D eigenvalue weighted by atomic mass is 79.9. The van der Waals surface area contributed by atoms with E-state index in [4.69, 9.17) is 0 Å². The second kappa shape index (κ2) is 4.82. The first-order valence-electron chi connectivity index (χ1n) is 6.64. The number of piperazine rings is 1. The lowest BCUT2D eigenvalue weighted by Crippen LogP contribution is -2.59.